The van der Waals surface area contributed by atoms with E-state index in [2.05, 4.69) is 48.0 Å². The van der Waals surface area contributed by atoms with Crippen LogP contribution in [0.15, 0.2) is 29.3 Å². The molecule has 0 aromatic heterocycles. The molecule has 1 aromatic rings. The fourth-order valence-corrected chi connectivity index (χ4v) is 3.95. The number of likely N-dealkylation sites (tertiary alicyclic amines) is 1. The molecule has 5 heteroatoms. The Bertz CT molecular complexity index is 675. The molecule has 4 rings (SSSR count). The standard InChI is InChI=1S/C19H24N2O3/c1-13(2)11-16-17(22)20-18(24-16)21-9-7-19(8-10-21)15-6-4-3-5-14(15)12-23-19/h3-6,13,16H,7-12H2,1-2H3. The summed E-state index contributed by atoms with van der Waals surface area (Å²) >= 11 is 0. The summed E-state index contributed by atoms with van der Waals surface area (Å²) in [5.41, 5.74) is 2.45. The number of benzene rings is 1. The number of rotatable bonds is 2. The first-order chi connectivity index (χ1) is 11.6. The summed E-state index contributed by atoms with van der Waals surface area (Å²) in [7, 11) is 0. The van der Waals surface area contributed by atoms with Crippen molar-refractivity contribution in [3.63, 3.8) is 0 Å². The van der Waals surface area contributed by atoms with E-state index in [1.54, 1.807) is 0 Å². The Morgan fingerprint density at radius 1 is 1.29 bits per heavy atom. The van der Waals surface area contributed by atoms with Gasteiger partial charge in [0.15, 0.2) is 6.10 Å². The third kappa shape index (κ3) is 2.61. The fraction of sp³-hybridized carbons (Fsp3) is 0.579. The summed E-state index contributed by atoms with van der Waals surface area (Å²) in [6, 6.07) is 8.99. The van der Waals surface area contributed by atoms with Crippen molar-refractivity contribution in [3.8, 4) is 0 Å². The molecule has 1 saturated heterocycles. The Kier molecular flexibility index (Phi) is 3.83. The minimum atomic E-state index is -0.403. The zero-order chi connectivity index (χ0) is 16.7. The summed E-state index contributed by atoms with van der Waals surface area (Å²) < 4.78 is 12.0. The molecule has 1 fully saturated rings. The highest BCUT2D eigenvalue weighted by Crippen LogP contribution is 2.44. The molecule has 1 spiro atoms. The van der Waals surface area contributed by atoms with Crippen molar-refractivity contribution in [2.24, 2.45) is 10.9 Å². The number of ether oxygens (including phenoxy) is 2. The Balaban J connectivity index is 1.43. The monoisotopic (exact) mass is 328 g/mol. The molecule has 24 heavy (non-hydrogen) atoms. The van der Waals surface area contributed by atoms with Gasteiger partial charge >= 0.3 is 0 Å². The quantitative estimate of drug-likeness (QED) is 0.838. The van der Waals surface area contributed by atoms with Crippen molar-refractivity contribution >= 4 is 11.9 Å². The second kappa shape index (κ2) is 5.88. The number of nitrogens with zero attached hydrogens (tertiary/aromatic N) is 2. The number of amidine groups is 1. The molecule has 5 nitrogen and oxygen atoms in total. The van der Waals surface area contributed by atoms with Gasteiger partial charge in [0, 0.05) is 13.1 Å². The molecule has 3 heterocycles. The van der Waals surface area contributed by atoms with Crippen molar-refractivity contribution in [3.05, 3.63) is 35.4 Å². The summed E-state index contributed by atoms with van der Waals surface area (Å²) in [6.07, 6.45) is 2.12. The Labute approximate surface area is 142 Å². The highest BCUT2D eigenvalue weighted by molar-refractivity contribution is 5.98. The van der Waals surface area contributed by atoms with Gasteiger partial charge in [0.05, 0.1) is 12.2 Å². The lowest BCUT2D eigenvalue weighted by atomic mass is 9.84. The maximum absolute atomic E-state index is 12.0. The van der Waals surface area contributed by atoms with Gasteiger partial charge in [-0.3, -0.25) is 4.79 Å². The second-order valence-electron chi connectivity index (χ2n) is 7.40. The molecular weight excluding hydrogens is 304 g/mol. The summed E-state index contributed by atoms with van der Waals surface area (Å²) in [6.45, 7) is 6.48. The summed E-state index contributed by atoms with van der Waals surface area (Å²) in [5.74, 6) is 0.281. The first-order valence-electron chi connectivity index (χ1n) is 8.84. The fourth-order valence-electron chi connectivity index (χ4n) is 3.95. The smallest absolute Gasteiger partial charge is 0.296 e. The zero-order valence-corrected chi connectivity index (χ0v) is 14.3. The molecule has 1 atom stereocenters. The average Bonchev–Trinajstić information content (AvgIpc) is 3.11. The van der Waals surface area contributed by atoms with Gasteiger partial charge in [-0.25, -0.2) is 0 Å². The topological polar surface area (TPSA) is 51.1 Å². The molecule has 1 aromatic carbocycles. The number of amides is 1. The molecule has 1 amide bonds. The van der Waals surface area contributed by atoms with Crippen molar-refractivity contribution in [1.82, 2.24) is 4.90 Å². The third-order valence-corrected chi connectivity index (χ3v) is 5.27. The molecule has 0 N–H and O–H groups in total. The number of piperidine rings is 1. The predicted octanol–water partition coefficient (Wildman–Crippen LogP) is 2.84. The molecule has 3 aliphatic heterocycles. The molecule has 1 unspecified atom stereocenters. The van der Waals surface area contributed by atoms with Gasteiger partial charge in [-0.2, -0.15) is 4.99 Å². The highest BCUT2D eigenvalue weighted by atomic mass is 16.5. The van der Waals surface area contributed by atoms with E-state index >= 15 is 0 Å². The molecule has 0 saturated carbocycles. The first-order valence-corrected chi connectivity index (χ1v) is 8.84. The van der Waals surface area contributed by atoms with Crippen LogP contribution in [0.4, 0.5) is 0 Å². The van der Waals surface area contributed by atoms with Crippen LogP contribution in [0, 0.1) is 5.92 Å². The van der Waals surface area contributed by atoms with E-state index in [0.29, 0.717) is 18.5 Å². The van der Waals surface area contributed by atoms with Crippen LogP contribution in [0.25, 0.3) is 0 Å². The van der Waals surface area contributed by atoms with Crippen molar-refractivity contribution < 1.29 is 14.3 Å². The highest BCUT2D eigenvalue weighted by Gasteiger charge is 2.44. The van der Waals surface area contributed by atoms with Crippen molar-refractivity contribution in [2.45, 2.75) is 51.4 Å². The lowest BCUT2D eigenvalue weighted by Gasteiger charge is -2.39. The predicted molar refractivity (Wildman–Crippen MR) is 90.5 cm³/mol. The SMILES string of the molecule is CC(C)CC1OC(N2CCC3(CC2)OCc2ccccc23)=NC1=O. The van der Waals surface area contributed by atoms with Gasteiger partial charge in [0.25, 0.3) is 11.9 Å². The zero-order valence-electron chi connectivity index (χ0n) is 14.3. The van der Waals surface area contributed by atoms with Crippen LogP contribution in [-0.4, -0.2) is 36.0 Å². The van der Waals surface area contributed by atoms with E-state index in [0.717, 1.165) is 32.4 Å². The molecule has 0 bridgehead atoms. The minimum absolute atomic E-state index is 0.138. The van der Waals surface area contributed by atoms with Crippen LogP contribution in [-0.2, 0) is 26.5 Å². The maximum Gasteiger partial charge on any atom is 0.296 e. The second-order valence-corrected chi connectivity index (χ2v) is 7.40. The van der Waals surface area contributed by atoms with Crippen LogP contribution < -0.4 is 0 Å². The van der Waals surface area contributed by atoms with Gasteiger partial charge in [-0.15, -0.1) is 0 Å². The van der Waals surface area contributed by atoms with Gasteiger partial charge in [-0.1, -0.05) is 38.1 Å². The maximum atomic E-state index is 12.0. The van der Waals surface area contributed by atoms with Gasteiger partial charge in [-0.05, 0) is 36.3 Å². The molecule has 0 aliphatic carbocycles. The van der Waals surface area contributed by atoms with E-state index in [-0.39, 0.29) is 11.5 Å². The van der Waals surface area contributed by atoms with E-state index in [4.69, 9.17) is 9.47 Å². The number of hydrogen-bond donors (Lipinski definition) is 0. The molecular formula is C19H24N2O3. The minimum Gasteiger partial charge on any atom is -0.451 e. The Morgan fingerprint density at radius 2 is 2.04 bits per heavy atom. The summed E-state index contributed by atoms with van der Waals surface area (Å²) in [4.78, 5) is 18.3. The van der Waals surface area contributed by atoms with Crippen LogP contribution in [0.5, 0.6) is 0 Å². The number of carbonyl (C=O) groups excluding carboxylic acids is 1. The average molecular weight is 328 g/mol. The van der Waals surface area contributed by atoms with E-state index < -0.39 is 6.10 Å². The molecule has 3 aliphatic rings. The third-order valence-electron chi connectivity index (χ3n) is 5.27. The van der Waals surface area contributed by atoms with Gasteiger partial charge in [0.1, 0.15) is 0 Å². The lowest BCUT2D eigenvalue weighted by Crippen LogP contribution is -2.45. The van der Waals surface area contributed by atoms with Gasteiger partial charge < -0.3 is 14.4 Å². The normalized spacial score (nSPS) is 25.1. The first kappa shape index (κ1) is 15.6. The van der Waals surface area contributed by atoms with Crippen LogP contribution >= 0.6 is 0 Å². The molecule has 128 valence electrons. The van der Waals surface area contributed by atoms with Crippen LogP contribution in [0.3, 0.4) is 0 Å². The number of fused-ring (bicyclic) bond motifs is 2. The van der Waals surface area contributed by atoms with E-state index in [1.807, 2.05) is 0 Å². The van der Waals surface area contributed by atoms with Crippen molar-refractivity contribution in [1.29, 1.82) is 0 Å². The number of aliphatic imine (C=N–C) groups is 1. The Morgan fingerprint density at radius 3 is 2.79 bits per heavy atom. The summed E-state index contributed by atoms with van der Waals surface area (Å²) in [5, 5.41) is 0. The molecule has 0 radical (unpaired) electrons. The van der Waals surface area contributed by atoms with Crippen molar-refractivity contribution in [2.75, 3.05) is 13.1 Å². The largest absolute Gasteiger partial charge is 0.451 e. The number of hydrogen-bond acceptors (Lipinski definition) is 4. The van der Waals surface area contributed by atoms with E-state index in [9.17, 15) is 4.79 Å². The van der Waals surface area contributed by atoms with E-state index in [1.165, 1.54) is 11.1 Å². The Hall–Kier alpha value is -1.88. The van der Waals surface area contributed by atoms with Gasteiger partial charge in [0.2, 0.25) is 0 Å². The van der Waals surface area contributed by atoms with Crippen LogP contribution in [0.1, 0.15) is 44.2 Å². The number of carbonyl (C=O) groups is 1. The van der Waals surface area contributed by atoms with Crippen LogP contribution in [0.2, 0.25) is 0 Å². The lowest BCUT2D eigenvalue weighted by molar-refractivity contribution is -0.123.